The molecule has 0 spiro atoms. The third-order valence-corrected chi connectivity index (χ3v) is 6.28. The molecule has 0 aliphatic carbocycles. The fourth-order valence-corrected chi connectivity index (χ4v) is 4.68. The number of morpholine rings is 1. The number of amides is 1. The highest BCUT2D eigenvalue weighted by atomic mass is 16.5. The zero-order valence-corrected chi connectivity index (χ0v) is 20.9. The second kappa shape index (κ2) is 9.98. The Labute approximate surface area is 209 Å². The molecule has 4 aromatic rings. The van der Waals surface area contributed by atoms with Gasteiger partial charge in [0.15, 0.2) is 17.0 Å². The summed E-state index contributed by atoms with van der Waals surface area (Å²) in [6.07, 6.45) is 4.96. The van der Waals surface area contributed by atoms with Gasteiger partial charge in [-0.25, -0.2) is 24.9 Å². The van der Waals surface area contributed by atoms with Crippen LogP contribution in [0.5, 0.6) is 0 Å². The Bertz CT molecular complexity index is 1350. The maximum absolute atomic E-state index is 13.8. The normalized spacial score (nSPS) is 18.8. The fourth-order valence-electron chi connectivity index (χ4n) is 4.68. The molecule has 3 aromatic heterocycles. The second-order valence-electron chi connectivity index (χ2n) is 9.08. The van der Waals surface area contributed by atoms with E-state index in [1.165, 1.54) is 6.33 Å². The molecule has 186 valence electrons. The highest BCUT2D eigenvalue weighted by molar-refractivity contribution is 5.91. The molecule has 36 heavy (non-hydrogen) atoms. The van der Waals surface area contributed by atoms with Crippen LogP contribution >= 0.6 is 0 Å². The van der Waals surface area contributed by atoms with E-state index in [1.54, 1.807) is 12.4 Å². The van der Waals surface area contributed by atoms with Crippen LogP contribution in [0.15, 0.2) is 49.1 Å². The molecule has 3 atom stereocenters. The van der Waals surface area contributed by atoms with Gasteiger partial charge in [-0.15, -0.1) is 0 Å². The molecule has 0 bridgehead atoms. The Morgan fingerprint density at radius 2 is 1.78 bits per heavy atom. The predicted octanol–water partition coefficient (Wildman–Crippen LogP) is 3.40. The average molecular weight is 487 g/mol. The number of carbonyl (C=O) groups is 1. The molecule has 0 saturated carbocycles. The van der Waals surface area contributed by atoms with Gasteiger partial charge in [0.25, 0.3) is 0 Å². The number of hydrogen-bond donors (Lipinski definition) is 1. The molecule has 5 rings (SSSR count). The van der Waals surface area contributed by atoms with E-state index >= 15 is 0 Å². The molecule has 1 aliphatic rings. The first-order valence-corrected chi connectivity index (χ1v) is 12.2. The summed E-state index contributed by atoms with van der Waals surface area (Å²) in [4.78, 5) is 38.2. The van der Waals surface area contributed by atoms with Crippen LogP contribution in [-0.4, -0.2) is 65.6 Å². The Hall–Kier alpha value is -3.92. The summed E-state index contributed by atoms with van der Waals surface area (Å²) in [6.45, 7) is 9.58. The van der Waals surface area contributed by atoms with Crippen LogP contribution in [0.3, 0.4) is 0 Å². The van der Waals surface area contributed by atoms with Crippen molar-refractivity contribution in [1.82, 2.24) is 34.4 Å². The zero-order chi connectivity index (χ0) is 25.2. The van der Waals surface area contributed by atoms with Gasteiger partial charge in [0, 0.05) is 32.0 Å². The van der Waals surface area contributed by atoms with Crippen molar-refractivity contribution in [3.05, 3.63) is 60.4 Å². The minimum atomic E-state index is -0.639. The van der Waals surface area contributed by atoms with Crippen LogP contribution in [0.25, 0.3) is 22.6 Å². The van der Waals surface area contributed by atoms with E-state index in [2.05, 4.69) is 25.3 Å². The van der Waals surface area contributed by atoms with Crippen LogP contribution in [-0.2, 0) is 16.1 Å². The molecule has 10 nitrogen and oxygen atoms in total. The third kappa shape index (κ3) is 4.64. The third-order valence-electron chi connectivity index (χ3n) is 6.28. The molecular weight excluding hydrogens is 456 g/mol. The summed E-state index contributed by atoms with van der Waals surface area (Å²) in [7, 11) is 0. The minimum Gasteiger partial charge on any atom is -0.372 e. The van der Waals surface area contributed by atoms with E-state index in [4.69, 9.17) is 9.72 Å². The van der Waals surface area contributed by atoms with E-state index < -0.39 is 6.04 Å². The summed E-state index contributed by atoms with van der Waals surface area (Å²) < 4.78 is 7.85. The summed E-state index contributed by atoms with van der Waals surface area (Å²) >= 11 is 0. The van der Waals surface area contributed by atoms with Gasteiger partial charge >= 0.3 is 0 Å². The molecular formula is C26H30N8O2. The van der Waals surface area contributed by atoms with Crippen molar-refractivity contribution in [3.63, 3.8) is 0 Å². The van der Waals surface area contributed by atoms with Crippen LogP contribution in [0.4, 0.5) is 5.82 Å². The number of rotatable bonds is 6. The zero-order valence-electron chi connectivity index (χ0n) is 20.9. The van der Waals surface area contributed by atoms with E-state index in [0.717, 1.165) is 11.1 Å². The van der Waals surface area contributed by atoms with Gasteiger partial charge in [-0.3, -0.25) is 4.79 Å². The summed E-state index contributed by atoms with van der Waals surface area (Å²) in [5, 5.41) is 3.40. The summed E-state index contributed by atoms with van der Waals surface area (Å²) in [5.41, 5.74) is 2.91. The average Bonchev–Trinajstić information content (AvgIpc) is 3.26. The van der Waals surface area contributed by atoms with Crippen molar-refractivity contribution in [3.8, 4) is 11.4 Å². The molecule has 0 unspecified atom stereocenters. The number of nitrogens with zero attached hydrogens (tertiary/aromatic N) is 7. The van der Waals surface area contributed by atoms with Gasteiger partial charge in [0.1, 0.15) is 24.0 Å². The number of nitrogens with one attached hydrogen (secondary N) is 1. The molecule has 1 fully saturated rings. The first-order chi connectivity index (χ1) is 17.4. The van der Waals surface area contributed by atoms with Crippen molar-refractivity contribution >= 4 is 22.9 Å². The lowest BCUT2D eigenvalue weighted by molar-refractivity contribution is -0.144. The number of anilines is 1. The van der Waals surface area contributed by atoms with Crippen molar-refractivity contribution in [2.24, 2.45) is 0 Å². The van der Waals surface area contributed by atoms with Crippen molar-refractivity contribution in [1.29, 1.82) is 0 Å². The van der Waals surface area contributed by atoms with E-state index in [0.29, 0.717) is 48.3 Å². The largest absolute Gasteiger partial charge is 0.372 e. The number of hydrogen-bond acceptors (Lipinski definition) is 8. The van der Waals surface area contributed by atoms with Crippen molar-refractivity contribution in [2.45, 2.75) is 52.5 Å². The standard InChI is InChI=1S/C26H30N8O2/c1-5-34-24(20-11-27-18(4)28-12-20)32-22-23(29-15-30-25(22)34)31-21(19-9-7-6-8-10-19)26(35)33-13-16(2)36-17(3)14-33/h6-12,15-17,21H,5,13-14H2,1-4H3,(H,29,30,31)/t16-,17+,21-/m0/s1. The second-order valence-corrected chi connectivity index (χ2v) is 9.08. The van der Waals surface area contributed by atoms with Crippen LogP contribution in [0.1, 0.15) is 38.2 Å². The van der Waals surface area contributed by atoms with Crippen molar-refractivity contribution < 1.29 is 9.53 Å². The van der Waals surface area contributed by atoms with Gasteiger partial charge in [-0.05, 0) is 33.3 Å². The molecule has 1 aliphatic heterocycles. The van der Waals surface area contributed by atoms with Crippen LogP contribution in [0.2, 0.25) is 0 Å². The van der Waals surface area contributed by atoms with Gasteiger partial charge in [-0.1, -0.05) is 30.3 Å². The Kier molecular flexibility index (Phi) is 6.60. The smallest absolute Gasteiger partial charge is 0.249 e. The van der Waals surface area contributed by atoms with Gasteiger partial charge in [-0.2, -0.15) is 0 Å². The van der Waals surface area contributed by atoms with Gasteiger partial charge in [0.2, 0.25) is 5.91 Å². The van der Waals surface area contributed by atoms with Crippen LogP contribution < -0.4 is 5.32 Å². The molecule has 10 heteroatoms. The lowest BCUT2D eigenvalue weighted by atomic mass is 10.0. The Morgan fingerprint density at radius 1 is 1.08 bits per heavy atom. The highest BCUT2D eigenvalue weighted by Gasteiger charge is 2.32. The SMILES string of the molecule is CCn1c(-c2cnc(C)nc2)nc2c(N[C@H](C(=O)N3C[C@@H](C)O[C@@H](C)C3)c3ccccc3)ncnc21. The summed E-state index contributed by atoms with van der Waals surface area (Å²) in [5.74, 6) is 1.86. The lowest BCUT2D eigenvalue weighted by Crippen LogP contribution is -2.50. The van der Waals surface area contributed by atoms with E-state index in [1.807, 2.05) is 67.5 Å². The minimum absolute atomic E-state index is 0.0283. The lowest BCUT2D eigenvalue weighted by Gasteiger charge is -2.37. The number of aryl methyl sites for hydroxylation is 2. The monoisotopic (exact) mass is 486 g/mol. The molecule has 1 amide bonds. The molecule has 1 N–H and O–H groups in total. The number of benzene rings is 1. The maximum Gasteiger partial charge on any atom is 0.249 e. The topological polar surface area (TPSA) is 111 Å². The summed E-state index contributed by atoms with van der Waals surface area (Å²) in [6, 6.07) is 9.05. The first-order valence-electron chi connectivity index (χ1n) is 12.2. The molecule has 0 radical (unpaired) electrons. The van der Waals surface area contributed by atoms with E-state index in [-0.39, 0.29) is 18.1 Å². The molecule has 1 aromatic carbocycles. The Balaban J connectivity index is 1.56. The number of imidazole rings is 1. The molecule has 1 saturated heterocycles. The van der Waals surface area contributed by atoms with Crippen molar-refractivity contribution in [2.75, 3.05) is 18.4 Å². The first kappa shape index (κ1) is 23.8. The highest BCUT2D eigenvalue weighted by Crippen LogP contribution is 2.29. The number of ether oxygens (including phenoxy) is 1. The molecule has 4 heterocycles. The van der Waals surface area contributed by atoms with E-state index in [9.17, 15) is 4.79 Å². The predicted molar refractivity (Wildman–Crippen MR) is 136 cm³/mol. The fraction of sp³-hybridized carbons (Fsp3) is 0.385. The van der Waals surface area contributed by atoms with Crippen LogP contribution in [0, 0.1) is 6.92 Å². The van der Waals surface area contributed by atoms with Gasteiger partial charge < -0.3 is 19.5 Å². The van der Waals surface area contributed by atoms with Gasteiger partial charge in [0.05, 0.1) is 17.8 Å². The number of fused-ring (bicyclic) bond motifs is 1. The quantitative estimate of drug-likeness (QED) is 0.441. The number of aromatic nitrogens is 6. The number of carbonyl (C=O) groups excluding carboxylic acids is 1. The Morgan fingerprint density at radius 3 is 2.44 bits per heavy atom. The maximum atomic E-state index is 13.8.